The van der Waals surface area contributed by atoms with Crippen molar-refractivity contribution in [1.82, 2.24) is 15.7 Å². The standard InChI is InChI=1S/C20H18F3N3O3S2/c1-12-9-15(7-8-16(12)29-10-17(27)26-28-2)30-11-18-24-25-19(31-18)13-3-5-14(6-4-13)20(21,22)23/h3-9H,10-11H2,1-2H3,(H,26,27). The molecule has 0 aliphatic heterocycles. The number of amides is 1. The molecule has 1 amide bonds. The third kappa shape index (κ3) is 6.42. The van der Waals surface area contributed by atoms with Gasteiger partial charge in [-0.05, 0) is 42.8 Å². The molecule has 0 aliphatic carbocycles. The van der Waals surface area contributed by atoms with E-state index < -0.39 is 11.7 Å². The molecule has 3 rings (SSSR count). The molecule has 6 nitrogen and oxygen atoms in total. The van der Waals surface area contributed by atoms with E-state index >= 15 is 0 Å². The van der Waals surface area contributed by atoms with Gasteiger partial charge in [0.1, 0.15) is 15.8 Å². The van der Waals surface area contributed by atoms with Crippen LogP contribution >= 0.6 is 23.1 Å². The van der Waals surface area contributed by atoms with Crippen molar-refractivity contribution in [1.29, 1.82) is 0 Å². The number of carbonyl (C=O) groups excluding carboxylic acids is 1. The monoisotopic (exact) mass is 469 g/mol. The molecular weight excluding hydrogens is 451 g/mol. The predicted octanol–water partition coefficient (Wildman–Crippen LogP) is 4.88. The highest BCUT2D eigenvalue weighted by molar-refractivity contribution is 7.98. The van der Waals surface area contributed by atoms with Gasteiger partial charge in [0.25, 0.3) is 5.91 Å². The molecule has 0 atom stereocenters. The van der Waals surface area contributed by atoms with Crippen LogP contribution in [-0.2, 0) is 21.6 Å². The highest BCUT2D eigenvalue weighted by Crippen LogP contribution is 2.33. The number of nitrogens with one attached hydrogen (secondary N) is 1. The SMILES string of the molecule is CONC(=O)COc1ccc(SCc2nnc(-c3ccc(C(F)(F)F)cc3)s2)cc1C. The average molecular weight is 470 g/mol. The maximum atomic E-state index is 12.7. The maximum absolute atomic E-state index is 12.7. The van der Waals surface area contributed by atoms with E-state index in [1.165, 1.54) is 30.6 Å². The van der Waals surface area contributed by atoms with Gasteiger partial charge in [-0.25, -0.2) is 5.48 Å². The van der Waals surface area contributed by atoms with Crippen molar-refractivity contribution >= 4 is 29.0 Å². The Balaban J connectivity index is 1.58. The Morgan fingerprint density at radius 1 is 1.16 bits per heavy atom. The number of aromatic nitrogens is 2. The summed E-state index contributed by atoms with van der Waals surface area (Å²) in [6, 6.07) is 10.5. The first kappa shape index (κ1) is 23.0. The molecule has 1 aromatic heterocycles. The molecule has 2 aromatic carbocycles. The Kier molecular flexibility index (Phi) is 7.52. The Morgan fingerprint density at radius 3 is 2.55 bits per heavy atom. The highest BCUT2D eigenvalue weighted by Gasteiger charge is 2.30. The van der Waals surface area contributed by atoms with Crippen LogP contribution < -0.4 is 10.2 Å². The number of rotatable bonds is 8. The minimum atomic E-state index is -4.36. The molecular formula is C20H18F3N3O3S2. The average Bonchev–Trinajstić information content (AvgIpc) is 3.20. The molecule has 0 saturated carbocycles. The Bertz CT molecular complexity index is 1040. The van der Waals surface area contributed by atoms with E-state index in [0.29, 0.717) is 22.1 Å². The fourth-order valence-corrected chi connectivity index (χ4v) is 4.36. The number of halogens is 3. The Hall–Kier alpha value is -2.63. The topological polar surface area (TPSA) is 73.3 Å². The fraction of sp³-hybridized carbons (Fsp3) is 0.250. The first-order valence-electron chi connectivity index (χ1n) is 8.94. The lowest BCUT2D eigenvalue weighted by Gasteiger charge is -2.10. The van der Waals surface area contributed by atoms with Crippen molar-refractivity contribution in [3.8, 4) is 16.3 Å². The van der Waals surface area contributed by atoms with Crippen LogP contribution in [0.5, 0.6) is 5.75 Å². The molecule has 11 heteroatoms. The highest BCUT2D eigenvalue weighted by atomic mass is 32.2. The first-order chi connectivity index (χ1) is 14.8. The molecule has 0 radical (unpaired) electrons. The van der Waals surface area contributed by atoms with E-state index in [9.17, 15) is 18.0 Å². The van der Waals surface area contributed by atoms with Crippen molar-refractivity contribution in [2.75, 3.05) is 13.7 Å². The quantitative estimate of drug-likeness (QED) is 0.374. The summed E-state index contributed by atoms with van der Waals surface area (Å²) in [5.41, 5.74) is 2.95. The van der Waals surface area contributed by atoms with Crippen molar-refractivity contribution in [3.63, 3.8) is 0 Å². The minimum Gasteiger partial charge on any atom is -0.483 e. The maximum Gasteiger partial charge on any atom is 0.416 e. The van der Waals surface area contributed by atoms with Gasteiger partial charge in [0, 0.05) is 10.5 Å². The van der Waals surface area contributed by atoms with E-state index in [2.05, 4.69) is 20.5 Å². The summed E-state index contributed by atoms with van der Waals surface area (Å²) in [7, 11) is 1.35. The van der Waals surface area contributed by atoms with Crippen LogP contribution in [-0.4, -0.2) is 29.8 Å². The van der Waals surface area contributed by atoms with Crippen molar-refractivity contribution in [2.45, 2.75) is 23.7 Å². The zero-order chi connectivity index (χ0) is 22.4. The molecule has 0 saturated heterocycles. The molecule has 0 unspecified atom stereocenters. The summed E-state index contributed by atoms with van der Waals surface area (Å²) in [5, 5.41) is 9.54. The van der Waals surface area contributed by atoms with Gasteiger partial charge < -0.3 is 4.74 Å². The number of hydroxylamine groups is 1. The predicted molar refractivity (Wildman–Crippen MR) is 112 cm³/mol. The van der Waals surface area contributed by atoms with E-state index in [0.717, 1.165) is 27.6 Å². The van der Waals surface area contributed by atoms with E-state index in [-0.39, 0.29) is 12.5 Å². The number of aryl methyl sites for hydroxylation is 1. The smallest absolute Gasteiger partial charge is 0.416 e. The van der Waals surface area contributed by atoms with Crippen molar-refractivity contribution in [2.24, 2.45) is 0 Å². The molecule has 164 valence electrons. The van der Waals surface area contributed by atoms with Gasteiger partial charge in [-0.15, -0.1) is 22.0 Å². The van der Waals surface area contributed by atoms with E-state index in [1.54, 1.807) is 17.8 Å². The second-order valence-electron chi connectivity index (χ2n) is 6.31. The molecule has 0 aliphatic rings. The zero-order valence-electron chi connectivity index (χ0n) is 16.5. The van der Waals surface area contributed by atoms with Gasteiger partial charge in [0.2, 0.25) is 0 Å². The number of alkyl halides is 3. The molecule has 0 bridgehead atoms. The minimum absolute atomic E-state index is 0.154. The molecule has 1 N–H and O–H groups in total. The van der Waals surface area contributed by atoms with Crippen molar-refractivity contribution in [3.05, 3.63) is 58.6 Å². The number of carbonyl (C=O) groups is 1. The molecule has 3 aromatic rings. The van der Waals surface area contributed by atoms with Gasteiger partial charge in [-0.3, -0.25) is 9.63 Å². The molecule has 0 spiro atoms. The van der Waals surface area contributed by atoms with Crippen LogP contribution in [0.2, 0.25) is 0 Å². The zero-order valence-corrected chi connectivity index (χ0v) is 18.2. The largest absolute Gasteiger partial charge is 0.483 e. The number of nitrogens with zero attached hydrogens (tertiary/aromatic N) is 2. The molecule has 31 heavy (non-hydrogen) atoms. The molecule has 1 heterocycles. The summed E-state index contributed by atoms with van der Waals surface area (Å²) >= 11 is 2.88. The summed E-state index contributed by atoms with van der Waals surface area (Å²) in [5.74, 6) is 0.769. The summed E-state index contributed by atoms with van der Waals surface area (Å²) in [6.07, 6.45) is -4.36. The number of ether oxygens (including phenoxy) is 1. The Morgan fingerprint density at radius 2 is 1.90 bits per heavy atom. The Labute approximate surface area is 184 Å². The number of hydrogen-bond donors (Lipinski definition) is 1. The first-order valence-corrected chi connectivity index (χ1v) is 10.7. The number of hydrogen-bond acceptors (Lipinski definition) is 7. The van der Waals surface area contributed by atoms with Crippen LogP contribution in [0.4, 0.5) is 13.2 Å². The fourth-order valence-electron chi connectivity index (χ4n) is 2.54. The summed E-state index contributed by atoms with van der Waals surface area (Å²) in [4.78, 5) is 16.9. The normalized spacial score (nSPS) is 11.4. The van der Waals surface area contributed by atoms with Crippen LogP contribution in [0.3, 0.4) is 0 Å². The van der Waals surface area contributed by atoms with Crippen LogP contribution in [0, 0.1) is 6.92 Å². The second kappa shape index (κ2) is 10.1. The van der Waals surface area contributed by atoms with Gasteiger partial charge >= 0.3 is 6.18 Å². The van der Waals surface area contributed by atoms with Gasteiger partial charge in [0.05, 0.1) is 18.4 Å². The second-order valence-corrected chi connectivity index (χ2v) is 8.42. The van der Waals surface area contributed by atoms with E-state index in [1.807, 2.05) is 19.1 Å². The van der Waals surface area contributed by atoms with Crippen LogP contribution in [0.15, 0.2) is 47.4 Å². The van der Waals surface area contributed by atoms with Gasteiger partial charge in [0.15, 0.2) is 6.61 Å². The van der Waals surface area contributed by atoms with Gasteiger partial charge in [-0.2, -0.15) is 13.2 Å². The lowest BCUT2D eigenvalue weighted by atomic mass is 10.1. The third-order valence-electron chi connectivity index (χ3n) is 4.01. The van der Waals surface area contributed by atoms with E-state index in [4.69, 9.17) is 4.74 Å². The lowest BCUT2D eigenvalue weighted by molar-refractivity contribution is -0.137. The number of benzene rings is 2. The number of thioether (sulfide) groups is 1. The van der Waals surface area contributed by atoms with Crippen LogP contribution in [0.1, 0.15) is 16.1 Å². The lowest BCUT2D eigenvalue weighted by Crippen LogP contribution is -2.27. The third-order valence-corrected chi connectivity index (χ3v) is 6.17. The van der Waals surface area contributed by atoms with Gasteiger partial charge in [-0.1, -0.05) is 23.5 Å². The molecule has 0 fully saturated rings. The van der Waals surface area contributed by atoms with Crippen molar-refractivity contribution < 1.29 is 27.5 Å². The summed E-state index contributed by atoms with van der Waals surface area (Å²) in [6.45, 7) is 1.72. The van der Waals surface area contributed by atoms with Crippen LogP contribution in [0.25, 0.3) is 10.6 Å². The summed E-state index contributed by atoms with van der Waals surface area (Å²) < 4.78 is 43.5.